The van der Waals surface area contributed by atoms with E-state index in [0.717, 1.165) is 5.56 Å². The number of carbonyl (C=O) groups excluding carboxylic acids is 1. The summed E-state index contributed by atoms with van der Waals surface area (Å²) in [6.07, 6.45) is -1.06. The highest BCUT2D eigenvalue weighted by Gasteiger charge is 2.21. The Balaban J connectivity index is 1.62. The molecule has 1 heterocycles. The zero-order valence-electron chi connectivity index (χ0n) is 18.6. The fourth-order valence-electron chi connectivity index (χ4n) is 3.50. The number of rotatable bonds is 7. The number of nitrogens with one attached hydrogen (secondary N) is 1. The summed E-state index contributed by atoms with van der Waals surface area (Å²) in [7, 11) is 1.38. The van der Waals surface area contributed by atoms with Crippen molar-refractivity contribution in [3.8, 4) is 22.6 Å². The van der Waals surface area contributed by atoms with Gasteiger partial charge in [0.1, 0.15) is 17.1 Å². The lowest BCUT2D eigenvalue weighted by Crippen LogP contribution is -2.30. The Morgan fingerprint density at radius 1 is 1.09 bits per heavy atom. The van der Waals surface area contributed by atoms with Crippen molar-refractivity contribution in [2.75, 3.05) is 12.4 Å². The molecule has 4 rings (SSSR count). The molecular formula is C25H19ClN2O7. The van der Waals surface area contributed by atoms with Gasteiger partial charge < -0.3 is 19.2 Å². The number of benzene rings is 3. The van der Waals surface area contributed by atoms with Crippen LogP contribution in [0, 0.1) is 10.1 Å². The molecule has 0 radical (unpaired) electrons. The summed E-state index contributed by atoms with van der Waals surface area (Å²) in [5, 5.41) is 14.4. The standard InChI is InChI=1S/C25H19ClN2O7/c1-14(25(30)27-20-10-16(28(31)32)8-9-21(20)33-2)34-23-13-22-18(11-19(23)26)17(12-24(29)35-22)15-6-4-3-5-7-15/h3-14H,1-2H3,(H,27,30). The van der Waals surface area contributed by atoms with Gasteiger partial charge >= 0.3 is 5.63 Å². The number of nitrogens with zero attached hydrogens (tertiary/aromatic N) is 1. The number of carbonyl (C=O) groups is 1. The molecule has 0 bridgehead atoms. The maximum atomic E-state index is 12.8. The van der Waals surface area contributed by atoms with Gasteiger partial charge in [0.05, 0.1) is 22.7 Å². The summed E-state index contributed by atoms with van der Waals surface area (Å²) in [5.74, 6) is -0.226. The molecule has 3 aromatic carbocycles. The van der Waals surface area contributed by atoms with Gasteiger partial charge in [0.25, 0.3) is 11.6 Å². The van der Waals surface area contributed by atoms with Gasteiger partial charge in [-0.3, -0.25) is 14.9 Å². The number of nitro benzene ring substituents is 1. The number of methoxy groups -OCH3 is 1. The highest BCUT2D eigenvalue weighted by Crippen LogP contribution is 2.35. The molecule has 0 saturated carbocycles. The van der Waals surface area contributed by atoms with E-state index in [9.17, 15) is 19.7 Å². The van der Waals surface area contributed by atoms with E-state index in [1.807, 2.05) is 30.3 Å². The van der Waals surface area contributed by atoms with E-state index in [1.54, 1.807) is 6.07 Å². The van der Waals surface area contributed by atoms with E-state index in [4.69, 9.17) is 25.5 Å². The highest BCUT2D eigenvalue weighted by molar-refractivity contribution is 6.33. The van der Waals surface area contributed by atoms with E-state index in [2.05, 4.69) is 5.32 Å². The van der Waals surface area contributed by atoms with Gasteiger partial charge in [-0.2, -0.15) is 0 Å². The summed E-state index contributed by atoms with van der Waals surface area (Å²) in [5.41, 5.74) is 1.06. The van der Waals surface area contributed by atoms with Gasteiger partial charge in [0.15, 0.2) is 6.10 Å². The van der Waals surface area contributed by atoms with Gasteiger partial charge in [0, 0.05) is 29.7 Å². The largest absolute Gasteiger partial charge is 0.495 e. The van der Waals surface area contributed by atoms with Crippen molar-refractivity contribution in [3.05, 3.63) is 92.3 Å². The third-order valence-electron chi connectivity index (χ3n) is 5.21. The van der Waals surface area contributed by atoms with Crippen LogP contribution >= 0.6 is 11.6 Å². The Labute approximate surface area is 204 Å². The van der Waals surface area contributed by atoms with E-state index < -0.39 is 22.6 Å². The first-order chi connectivity index (χ1) is 16.8. The molecule has 1 aromatic heterocycles. The molecule has 35 heavy (non-hydrogen) atoms. The number of amides is 1. The van der Waals surface area contributed by atoms with Crippen molar-refractivity contribution < 1.29 is 23.6 Å². The summed E-state index contributed by atoms with van der Waals surface area (Å²) in [6.45, 7) is 1.48. The lowest BCUT2D eigenvalue weighted by atomic mass is 10.0. The number of hydrogen-bond donors (Lipinski definition) is 1. The Kier molecular flexibility index (Phi) is 6.70. The molecule has 0 aliphatic heterocycles. The third-order valence-corrected chi connectivity index (χ3v) is 5.50. The molecule has 0 fully saturated rings. The molecule has 178 valence electrons. The van der Waals surface area contributed by atoms with Crippen LogP contribution in [0.5, 0.6) is 11.5 Å². The van der Waals surface area contributed by atoms with Crippen molar-refractivity contribution in [2.45, 2.75) is 13.0 Å². The predicted molar refractivity (Wildman–Crippen MR) is 131 cm³/mol. The Morgan fingerprint density at radius 2 is 1.83 bits per heavy atom. The Morgan fingerprint density at radius 3 is 2.51 bits per heavy atom. The lowest BCUT2D eigenvalue weighted by molar-refractivity contribution is -0.384. The lowest BCUT2D eigenvalue weighted by Gasteiger charge is -2.17. The highest BCUT2D eigenvalue weighted by atomic mass is 35.5. The molecule has 1 atom stereocenters. The van der Waals surface area contributed by atoms with Gasteiger partial charge in [-0.1, -0.05) is 41.9 Å². The van der Waals surface area contributed by atoms with Crippen LogP contribution in [-0.2, 0) is 4.79 Å². The molecule has 1 amide bonds. The van der Waals surface area contributed by atoms with Gasteiger partial charge in [-0.05, 0) is 30.2 Å². The van der Waals surface area contributed by atoms with Crippen molar-refractivity contribution >= 4 is 39.9 Å². The Bertz CT molecular complexity index is 1480. The minimum absolute atomic E-state index is 0.116. The summed E-state index contributed by atoms with van der Waals surface area (Å²) in [4.78, 5) is 35.4. The molecule has 9 nitrogen and oxygen atoms in total. The summed E-state index contributed by atoms with van der Waals surface area (Å²) >= 11 is 6.44. The van der Waals surface area contributed by atoms with Gasteiger partial charge in [-0.25, -0.2) is 4.79 Å². The molecule has 0 spiro atoms. The topological polar surface area (TPSA) is 121 Å². The molecular weight excluding hydrogens is 476 g/mol. The zero-order valence-corrected chi connectivity index (χ0v) is 19.4. The predicted octanol–water partition coefficient (Wildman–Crippen LogP) is 5.44. The number of nitro groups is 1. The number of ether oxygens (including phenoxy) is 2. The fraction of sp³-hybridized carbons (Fsp3) is 0.120. The molecule has 0 aliphatic rings. The maximum Gasteiger partial charge on any atom is 0.336 e. The molecule has 1 unspecified atom stereocenters. The molecule has 0 aliphatic carbocycles. The van der Waals surface area contributed by atoms with Crippen LogP contribution in [0.25, 0.3) is 22.1 Å². The maximum absolute atomic E-state index is 12.8. The minimum atomic E-state index is -1.06. The average molecular weight is 495 g/mol. The van der Waals surface area contributed by atoms with Crippen molar-refractivity contribution in [1.82, 2.24) is 0 Å². The first-order valence-electron chi connectivity index (χ1n) is 10.4. The monoisotopic (exact) mass is 494 g/mol. The van der Waals surface area contributed by atoms with Crippen LogP contribution in [0.1, 0.15) is 6.92 Å². The van der Waals surface area contributed by atoms with Crippen molar-refractivity contribution in [3.63, 3.8) is 0 Å². The van der Waals surface area contributed by atoms with E-state index in [1.165, 1.54) is 44.4 Å². The number of fused-ring (bicyclic) bond motifs is 1. The third kappa shape index (κ3) is 5.10. The van der Waals surface area contributed by atoms with Gasteiger partial charge in [-0.15, -0.1) is 0 Å². The molecule has 4 aromatic rings. The zero-order chi connectivity index (χ0) is 25.1. The molecule has 0 saturated heterocycles. The van der Waals surface area contributed by atoms with Crippen LogP contribution in [0.15, 0.2) is 75.9 Å². The number of non-ortho nitro benzene ring substituents is 1. The second-order valence-electron chi connectivity index (χ2n) is 7.51. The van der Waals surface area contributed by atoms with Crippen molar-refractivity contribution in [1.29, 1.82) is 0 Å². The Hall–Kier alpha value is -4.37. The van der Waals surface area contributed by atoms with E-state index in [-0.39, 0.29) is 33.5 Å². The van der Waals surface area contributed by atoms with E-state index in [0.29, 0.717) is 10.9 Å². The van der Waals surface area contributed by atoms with Crippen LogP contribution in [-0.4, -0.2) is 24.0 Å². The first-order valence-corrected chi connectivity index (χ1v) is 10.8. The van der Waals surface area contributed by atoms with Crippen LogP contribution in [0.4, 0.5) is 11.4 Å². The summed E-state index contributed by atoms with van der Waals surface area (Å²) in [6, 6.07) is 17.6. The van der Waals surface area contributed by atoms with Crippen LogP contribution in [0.2, 0.25) is 5.02 Å². The molecule has 10 heteroatoms. The van der Waals surface area contributed by atoms with Crippen LogP contribution in [0.3, 0.4) is 0 Å². The summed E-state index contributed by atoms with van der Waals surface area (Å²) < 4.78 is 16.3. The quantitative estimate of drug-likeness (QED) is 0.206. The number of anilines is 1. The smallest absolute Gasteiger partial charge is 0.336 e. The van der Waals surface area contributed by atoms with Crippen LogP contribution < -0.4 is 20.4 Å². The fourth-order valence-corrected chi connectivity index (χ4v) is 3.70. The second-order valence-corrected chi connectivity index (χ2v) is 7.92. The average Bonchev–Trinajstić information content (AvgIpc) is 2.84. The van der Waals surface area contributed by atoms with Crippen molar-refractivity contribution in [2.24, 2.45) is 0 Å². The minimum Gasteiger partial charge on any atom is -0.495 e. The number of halogens is 1. The number of hydrogen-bond acceptors (Lipinski definition) is 7. The SMILES string of the molecule is COc1ccc([N+](=O)[O-])cc1NC(=O)C(C)Oc1cc2oc(=O)cc(-c3ccccc3)c2cc1Cl. The molecule has 1 N–H and O–H groups in total. The van der Waals surface area contributed by atoms with E-state index >= 15 is 0 Å². The second kappa shape index (κ2) is 9.86. The van der Waals surface area contributed by atoms with Gasteiger partial charge in [0.2, 0.25) is 0 Å². The first kappa shape index (κ1) is 23.8. The normalized spacial score (nSPS) is 11.6.